The summed E-state index contributed by atoms with van der Waals surface area (Å²) < 4.78 is 0. The molecule has 1 aromatic rings. The van der Waals surface area contributed by atoms with Crippen molar-refractivity contribution < 1.29 is 4.79 Å². The number of rotatable bonds is 6. The summed E-state index contributed by atoms with van der Waals surface area (Å²) in [4.78, 5) is 14.1. The summed E-state index contributed by atoms with van der Waals surface area (Å²) in [7, 11) is 2.06. The Labute approximate surface area is 108 Å². The number of anilines is 1. The van der Waals surface area contributed by atoms with Crippen molar-refractivity contribution in [3.05, 3.63) is 29.8 Å². The fourth-order valence-electron chi connectivity index (χ4n) is 1.80. The molecule has 0 fully saturated rings. The predicted molar refractivity (Wildman–Crippen MR) is 77.3 cm³/mol. The summed E-state index contributed by atoms with van der Waals surface area (Å²) in [5, 5.41) is 0. The number of Topliss-reactive ketones (excluding diaryl/α,β-unsaturated/α-hetero) is 1. The van der Waals surface area contributed by atoms with Crippen LogP contribution in [0.3, 0.4) is 0 Å². The molecule has 1 aromatic carbocycles. The molecule has 0 amide bonds. The van der Waals surface area contributed by atoms with Crippen molar-refractivity contribution in [2.45, 2.75) is 26.3 Å². The number of para-hydroxylation sites is 1. The molecule has 1 unspecified atom stereocenters. The molecule has 0 heterocycles. The molecule has 0 aromatic heterocycles. The quantitative estimate of drug-likeness (QED) is 0.722. The van der Waals surface area contributed by atoms with Gasteiger partial charge in [0, 0.05) is 36.5 Å². The smallest absolute Gasteiger partial charge is 0.164 e. The number of nitrogens with zero attached hydrogens (tertiary/aromatic N) is 1. The number of hydrogen-bond acceptors (Lipinski definition) is 3. The van der Waals surface area contributed by atoms with E-state index in [4.69, 9.17) is 0 Å². The van der Waals surface area contributed by atoms with Crippen LogP contribution in [0.4, 0.5) is 5.69 Å². The van der Waals surface area contributed by atoms with Crippen molar-refractivity contribution in [1.29, 1.82) is 0 Å². The van der Waals surface area contributed by atoms with Gasteiger partial charge in [0.1, 0.15) is 0 Å². The fourth-order valence-corrected chi connectivity index (χ4v) is 2.50. The van der Waals surface area contributed by atoms with Crippen molar-refractivity contribution in [3.63, 3.8) is 0 Å². The third kappa shape index (κ3) is 3.50. The van der Waals surface area contributed by atoms with Gasteiger partial charge in [-0.2, -0.15) is 11.8 Å². The summed E-state index contributed by atoms with van der Waals surface area (Å²) in [6, 6.07) is 8.29. The fraction of sp³-hybridized carbons (Fsp3) is 0.500. The molecule has 0 aliphatic carbocycles. The molecule has 2 nitrogen and oxygen atoms in total. The van der Waals surface area contributed by atoms with Crippen molar-refractivity contribution in [1.82, 2.24) is 0 Å². The monoisotopic (exact) mass is 251 g/mol. The van der Waals surface area contributed by atoms with Crippen LogP contribution in [0.15, 0.2) is 24.3 Å². The number of benzene rings is 1. The van der Waals surface area contributed by atoms with Crippen molar-refractivity contribution in [2.75, 3.05) is 24.0 Å². The van der Waals surface area contributed by atoms with E-state index in [1.54, 1.807) is 0 Å². The SMILES string of the molecule is CCC(=O)c1ccccc1N(C)C(C)CSC. The molecule has 3 heteroatoms. The topological polar surface area (TPSA) is 20.3 Å². The van der Waals surface area contributed by atoms with Crippen LogP contribution in [-0.2, 0) is 0 Å². The van der Waals surface area contributed by atoms with Crippen molar-refractivity contribution >= 4 is 23.2 Å². The summed E-state index contributed by atoms with van der Waals surface area (Å²) >= 11 is 1.83. The van der Waals surface area contributed by atoms with Crippen LogP contribution in [0.25, 0.3) is 0 Å². The van der Waals surface area contributed by atoms with E-state index in [2.05, 4.69) is 25.1 Å². The maximum absolute atomic E-state index is 11.9. The van der Waals surface area contributed by atoms with Gasteiger partial charge in [-0.1, -0.05) is 19.1 Å². The van der Waals surface area contributed by atoms with Gasteiger partial charge in [0.25, 0.3) is 0 Å². The van der Waals surface area contributed by atoms with Crippen molar-refractivity contribution in [2.24, 2.45) is 0 Å². The van der Waals surface area contributed by atoms with Crippen LogP contribution in [0.1, 0.15) is 30.6 Å². The average Bonchev–Trinajstić information content (AvgIpc) is 2.37. The Morgan fingerprint density at radius 3 is 2.65 bits per heavy atom. The second kappa shape index (κ2) is 6.70. The van der Waals surface area contributed by atoms with E-state index in [0.29, 0.717) is 12.5 Å². The lowest BCUT2D eigenvalue weighted by molar-refractivity contribution is 0.0988. The first-order valence-electron chi connectivity index (χ1n) is 5.95. The molecule has 0 N–H and O–H groups in total. The maximum atomic E-state index is 11.9. The number of hydrogen-bond donors (Lipinski definition) is 0. The minimum absolute atomic E-state index is 0.212. The summed E-state index contributed by atoms with van der Waals surface area (Å²) in [6.45, 7) is 4.09. The molecule has 1 rings (SSSR count). The average molecular weight is 251 g/mol. The minimum atomic E-state index is 0.212. The predicted octanol–water partition coefficient (Wildman–Crippen LogP) is 3.47. The summed E-state index contributed by atoms with van der Waals surface area (Å²) in [5.41, 5.74) is 1.88. The van der Waals surface area contributed by atoms with Gasteiger partial charge in [-0.05, 0) is 25.3 Å². The highest BCUT2D eigenvalue weighted by Gasteiger charge is 2.15. The normalized spacial score (nSPS) is 12.2. The zero-order chi connectivity index (χ0) is 12.8. The molecule has 0 saturated carbocycles. The highest BCUT2D eigenvalue weighted by Crippen LogP contribution is 2.23. The Balaban J connectivity index is 3.00. The van der Waals surface area contributed by atoms with E-state index in [9.17, 15) is 4.79 Å². The second-order valence-corrected chi connectivity index (χ2v) is 5.12. The molecule has 0 radical (unpaired) electrons. The van der Waals surface area contributed by atoms with Crippen LogP contribution >= 0.6 is 11.8 Å². The van der Waals surface area contributed by atoms with E-state index < -0.39 is 0 Å². The lowest BCUT2D eigenvalue weighted by Crippen LogP contribution is -2.32. The molecule has 0 aliphatic rings. The molecule has 0 bridgehead atoms. The first-order valence-corrected chi connectivity index (χ1v) is 7.35. The van der Waals surface area contributed by atoms with Gasteiger partial charge in [0.15, 0.2) is 5.78 Å². The molecule has 94 valence electrons. The van der Waals surface area contributed by atoms with E-state index in [-0.39, 0.29) is 5.78 Å². The summed E-state index contributed by atoms with van der Waals surface area (Å²) in [6.07, 6.45) is 2.66. The highest BCUT2D eigenvalue weighted by atomic mass is 32.2. The van der Waals surface area contributed by atoms with E-state index in [1.165, 1.54) is 0 Å². The van der Waals surface area contributed by atoms with E-state index >= 15 is 0 Å². The first-order chi connectivity index (χ1) is 8.11. The number of ketones is 1. The lowest BCUT2D eigenvalue weighted by atomic mass is 10.1. The van der Waals surface area contributed by atoms with Crippen LogP contribution in [-0.4, -0.2) is 30.9 Å². The Kier molecular flexibility index (Phi) is 5.56. The standard InChI is InChI=1S/C14H21NOS/c1-5-14(16)12-8-6-7-9-13(12)15(3)11(2)10-17-4/h6-9,11H,5,10H2,1-4H3. The number of carbonyl (C=O) groups excluding carboxylic acids is 1. The van der Waals surface area contributed by atoms with Gasteiger partial charge in [-0.3, -0.25) is 4.79 Å². The summed E-state index contributed by atoms with van der Waals surface area (Å²) in [5.74, 6) is 1.27. The van der Waals surface area contributed by atoms with Gasteiger partial charge >= 0.3 is 0 Å². The maximum Gasteiger partial charge on any atom is 0.164 e. The third-order valence-corrected chi connectivity index (χ3v) is 3.79. The minimum Gasteiger partial charge on any atom is -0.370 e. The Morgan fingerprint density at radius 1 is 1.41 bits per heavy atom. The molecule has 0 saturated heterocycles. The largest absolute Gasteiger partial charge is 0.370 e. The zero-order valence-electron chi connectivity index (χ0n) is 11.1. The Hall–Kier alpha value is -0.960. The van der Waals surface area contributed by atoms with Crippen LogP contribution < -0.4 is 4.90 Å². The lowest BCUT2D eigenvalue weighted by Gasteiger charge is -2.28. The van der Waals surface area contributed by atoms with Crippen LogP contribution in [0.2, 0.25) is 0 Å². The number of thioether (sulfide) groups is 1. The molecular weight excluding hydrogens is 230 g/mol. The molecule has 0 aliphatic heterocycles. The second-order valence-electron chi connectivity index (χ2n) is 4.21. The highest BCUT2D eigenvalue weighted by molar-refractivity contribution is 7.98. The zero-order valence-corrected chi connectivity index (χ0v) is 11.9. The van der Waals surface area contributed by atoms with Gasteiger partial charge < -0.3 is 4.90 Å². The molecule has 17 heavy (non-hydrogen) atoms. The van der Waals surface area contributed by atoms with E-state index in [1.807, 2.05) is 43.0 Å². The van der Waals surface area contributed by atoms with Gasteiger partial charge in [-0.25, -0.2) is 0 Å². The van der Waals surface area contributed by atoms with E-state index in [0.717, 1.165) is 17.0 Å². The number of carbonyl (C=O) groups is 1. The molecule has 1 atom stereocenters. The van der Waals surface area contributed by atoms with Gasteiger partial charge in [-0.15, -0.1) is 0 Å². The molecular formula is C14H21NOS. The van der Waals surface area contributed by atoms with Gasteiger partial charge in [0.2, 0.25) is 0 Å². The Morgan fingerprint density at radius 2 is 2.06 bits per heavy atom. The van der Waals surface area contributed by atoms with Crippen LogP contribution in [0.5, 0.6) is 0 Å². The van der Waals surface area contributed by atoms with Gasteiger partial charge in [0.05, 0.1) is 0 Å². The molecule has 0 spiro atoms. The van der Waals surface area contributed by atoms with Crippen molar-refractivity contribution in [3.8, 4) is 0 Å². The van der Waals surface area contributed by atoms with Crippen LogP contribution in [0, 0.1) is 0 Å². The third-order valence-electron chi connectivity index (χ3n) is 2.97. The first kappa shape index (κ1) is 14.1. The Bertz CT molecular complexity index is 378.